The van der Waals surface area contributed by atoms with Gasteiger partial charge in [-0.2, -0.15) is 5.10 Å². The maximum Gasteiger partial charge on any atom is 0.311 e. The number of thiazole rings is 1. The first-order valence-electron chi connectivity index (χ1n) is 10.0. The van der Waals surface area contributed by atoms with Gasteiger partial charge in [-0.3, -0.25) is 10.2 Å². The molecule has 0 spiro atoms. The quantitative estimate of drug-likeness (QED) is 0.233. The van der Waals surface area contributed by atoms with Gasteiger partial charge in [0.1, 0.15) is 17.2 Å². The average molecular weight is 488 g/mol. The molecular weight excluding hydrogens is 462 g/mol. The summed E-state index contributed by atoms with van der Waals surface area (Å²) in [6, 6.07) is 11.4. The molecule has 10 heteroatoms. The van der Waals surface area contributed by atoms with Crippen molar-refractivity contribution in [2.75, 3.05) is 33.4 Å². The van der Waals surface area contributed by atoms with E-state index in [1.54, 1.807) is 39.8 Å². The molecule has 1 N–H and O–H groups in total. The fourth-order valence-electron chi connectivity index (χ4n) is 2.85. The number of benzene rings is 2. The number of nitrogens with zero attached hydrogens (tertiary/aromatic N) is 2. The molecule has 0 aliphatic rings. The van der Waals surface area contributed by atoms with Gasteiger partial charge in [-0.15, -0.1) is 11.3 Å². The van der Waals surface area contributed by atoms with E-state index in [2.05, 4.69) is 15.5 Å². The van der Waals surface area contributed by atoms with E-state index in [-0.39, 0.29) is 12.4 Å². The molecule has 0 aliphatic heterocycles. The summed E-state index contributed by atoms with van der Waals surface area (Å²) in [5.41, 5.74) is 4.35. The minimum absolute atomic E-state index is 0.130. The molecular formula is C23H25N3O5S2. The van der Waals surface area contributed by atoms with Gasteiger partial charge in [0.2, 0.25) is 5.13 Å². The van der Waals surface area contributed by atoms with Crippen molar-refractivity contribution in [1.29, 1.82) is 0 Å². The van der Waals surface area contributed by atoms with Crippen molar-refractivity contribution < 1.29 is 23.7 Å². The molecule has 174 valence electrons. The molecule has 0 unspecified atom stereocenters. The minimum atomic E-state index is -0.304. The Labute approximate surface area is 200 Å². The Balaban J connectivity index is 1.79. The van der Waals surface area contributed by atoms with Gasteiger partial charge in [-0.05, 0) is 37.3 Å². The van der Waals surface area contributed by atoms with Gasteiger partial charge in [-0.25, -0.2) is 4.98 Å². The molecule has 0 saturated heterocycles. The summed E-state index contributed by atoms with van der Waals surface area (Å²) in [5.74, 6) is 1.85. The summed E-state index contributed by atoms with van der Waals surface area (Å²) < 4.78 is 21.4. The normalized spacial score (nSPS) is 10.8. The number of nitrogens with one attached hydrogen (secondary N) is 1. The molecule has 0 fully saturated rings. The van der Waals surface area contributed by atoms with E-state index >= 15 is 0 Å². The fraction of sp³-hybridized carbons (Fsp3) is 0.261. The van der Waals surface area contributed by atoms with Crippen molar-refractivity contribution in [3.63, 3.8) is 0 Å². The second-order valence-corrected chi connectivity index (χ2v) is 8.43. The topological polar surface area (TPSA) is 91.3 Å². The van der Waals surface area contributed by atoms with Crippen LogP contribution in [0.5, 0.6) is 17.2 Å². The van der Waals surface area contributed by atoms with Crippen LogP contribution in [0.1, 0.15) is 18.2 Å². The van der Waals surface area contributed by atoms with Crippen LogP contribution in [0.4, 0.5) is 5.13 Å². The lowest BCUT2D eigenvalue weighted by Crippen LogP contribution is -2.07. The summed E-state index contributed by atoms with van der Waals surface area (Å²) >= 11 is 2.88. The number of anilines is 1. The lowest BCUT2D eigenvalue weighted by molar-refractivity contribution is -0.142. The number of esters is 1. The Kier molecular flexibility index (Phi) is 8.96. The lowest BCUT2D eigenvalue weighted by atomic mass is 10.2. The molecule has 1 aromatic heterocycles. The highest BCUT2D eigenvalue weighted by Gasteiger charge is 2.13. The molecule has 3 rings (SSSR count). The summed E-state index contributed by atoms with van der Waals surface area (Å²) in [4.78, 5) is 17.8. The molecule has 0 amide bonds. The zero-order valence-electron chi connectivity index (χ0n) is 18.8. The molecule has 1 heterocycles. The first-order chi connectivity index (χ1) is 16.1. The van der Waals surface area contributed by atoms with Crippen molar-refractivity contribution >= 4 is 40.4 Å². The van der Waals surface area contributed by atoms with Crippen LogP contribution >= 0.6 is 23.1 Å². The van der Waals surface area contributed by atoms with Gasteiger partial charge >= 0.3 is 5.97 Å². The van der Waals surface area contributed by atoms with E-state index in [4.69, 9.17) is 18.9 Å². The third-order valence-corrected chi connectivity index (χ3v) is 6.28. The number of carbonyl (C=O) groups is 1. The van der Waals surface area contributed by atoms with Gasteiger partial charge in [0, 0.05) is 10.3 Å². The molecule has 0 saturated carbocycles. The van der Waals surface area contributed by atoms with Gasteiger partial charge < -0.3 is 18.9 Å². The van der Waals surface area contributed by atoms with Crippen molar-refractivity contribution in [3.8, 4) is 17.2 Å². The first-order valence-corrected chi connectivity index (χ1v) is 11.7. The van der Waals surface area contributed by atoms with Crippen LogP contribution in [0.15, 0.2) is 56.7 Å². The van der Waals surface area contributed by atoms with E-state index in [9.17, 15) is 4.79 Å². The Hall–Kier alpha value is -3.24. The highest BCUT2D eigenvalue weighted by molar-refractivity contribution is 7.99. The molecule has 0 radical (unpaired) electrons. The first kappa shape index (κ1) is 24.4. The van der Waals surface area contributed by atoms with Crippen molar-refractivity contribution in [2.45, 2.75) is 23.1 Å². The van der Waals surface area contributed by atoms with Crippen molar-refractivity contribution in [3.05, 3.63) is 53.0 Å². The number of hydrazone groups is 1. The fourth-order valence-corrected chi connectivity index (χ4v) is 4.58. The Morgan fingerprint density at radius 3 is 2.67 bits per heavy atom. The number of hydrogen-bond acceptors (Lipinski definition) is 10. The van der Waals surface area contributed by atoms with Crippen LogP contribution in [-0.4, -0.2) is 45.1 Å². The predicted molar refractivity (Wildman–Crippen MR) is 130 cm³/mol. The van der Waals surface area contributed by atoms with Gasteiger partial charge in [0.05, 0.1) is 56.7 Å². The van der Waals surface area contributed by atoms with Crippen LogP contribution in [0.3, 0.4) is 0 Å². The smallest absolute Gasteiger partial charge is 0.311 e. The Bertz CT molecular complexity index is 1120. The van der Waals surface area contributed by atoms with Crippen LogP contribution in [-0.2, 0) is 16.0 Å². The summed E-state index contributed by atoms with van der Waals surface area (Å²) in [6.07, 6.45) is 1.81. The van der Waals surface area contributed by atoms with Gasteiger partial charge in [0.25, 0.3) is 0 Å². The molecule has 2 aromatic carbocycles. The van der Waals surface area contributed by atoms with E-state index in [0.717, 1.165) is 26.9 Å². The monoisotopic (exact) mass is 487 g/mol. The Morgan fingerprint density at radius 2 is 1.94 bits per heavy atom. The largest absolute Gasteiger partial charge is 0.497 e. The number of aromatic nitrogens is 1. The zero-order valence-corrected chi connectivity index (χ0v) is 20.4. The number of carbonyl (C=O) groups excluding carboxylic acids is 1. The predicted octanol–water partition coefficient (Wildman–Crippen LogP) is 4.87. The number of rotatable bonds is 11. The zero-order chi connectivity index (χ0) is 23.6. The number of hydrogen-bond donors (Lipinski definition) is 1. The van der Waals surface area contributed by atoms with Crippen LogP contribution in [0, 0.1) is 0 Å². The standard InChI is InChI=1S/C23H25N3O5S2/c1-5-31-22(27)11-15-14-32-23(25-15)26-24-13-17-18(29-3)7-6-8-20(17)33-21-12-16(28-2)9-10-19(21)30-4/h6-10,12-14H,5,11H2,1-4H3,(H,25,26). The molecule has 0 atom stereocenters. The highest BCUT2D eigenvalue weighted by atomic mass is 32.2. The summed E-state index contributed by atoms with van der Waals surface area (Å²) in [5, 5.41) is 6.71. The van der Waals surface area contributed by atoms with Gasteiger partial charge in [-0.1, -0.05) is 17.8 Å². The van der Waals surface area contributed by atoms with Crippen molar-refractivity contribution in [1.82, 2.24) is 4.98 Å². The highest BCUT2D eigenvalue weighted by Crippen LogP contribution is 2.40. The van der Waals surface area contributed by atoms with E-state index in [1.807, 2.05) is 36.4 Å². The number of methoxy groups -OCH3 is 3. The molecule has 8 nitrogen and oxygen atoms in total. The third kappa shape index (κ3) is 6.62. The number of ether oxygens (including phenoxy) is 4. The summed E-state index contributed by atoms with van der Waals surface area (Å²) in [7, 11) is 4.87. The Morgan fingerprint density at radius 1 is 1.12 bits per heavy atom. The SMILES string of the molecule is CCOC(=O)Cc1csc(NN=Cc2c(OC)cccc2Sc2cc(OC)ccc2OC)n1. The molecule has 33 heavy (non-hydrogen) atoms. The second kappa shape index (κ2) is 12.1. The van der Waals surface area contributed by atoms with E-state index in [1.165, 1.54) is 23.1 Å². The molecule has 0 bridgehead atoms. The lowest BCUT2D eigenvalue weighted by Gasteiger charge is -2.13. The second-order valence-electron chi connectivity index (χ2n) is 6.49. The van der Waals surface area contributed by atoms with Crippen molar-refractivity contribution in [2.24, 2.45) is 5.10 Å². The van der Waals surface area contributed by atoms with Crippen LogP contribution in [0.25, 0.3) is 0 Å². The maximum atomic E-state index is 11.6. The van der Waals surface area contributed by atoms with Gasteiger partial charge in [0.15, 0.2) is 0 Å². The third-order valence-electron chi connectivity index (χ3n) is 4.37. The summed E-state index contributed by atoms with van der Waals surface area (Å²) in [6.45, 7) is 2.12. The van der Waals surface area contributed by atoms with Crippen LogP contribution in [0.2, 0.25) is 0 Å². The van der Waals surface area contributed by atoms with E-state index < -0.39 is 0 Å². The van der Waals surface area contributed by atoms with Crippen LogP contribution < -0.4 is 19.6 Å². The van der Waals surface area contributed by atoms with E-state index in [0.29, 0.717) is 23.2 Å². The maximum absolute atomic E-state index is 11.6. The molecule has 3 aromatic rings. The molecule has 0 aliphatic carbocycles. The minimum Gasteiger partial charge on any atom is -0.497 e. The average Bonchev–Trinajstić information content (AvgIpc) is 3.26.